The molecule has 1 aromatic rings. The second kappa shape index (κ2) is 4.26. The normalized spacial score (nSPS) is 12.1. The van der Waals surface area contributed by atoms with Gasteiger partial charge in [0.25, 0.3) is 10.0 Å². The first kappa shape index (κ1) is 12.1. The minimum atomic E-state index is -3.91. The number of aryl methyl sites for hydroxylation is 1. The van der Waals surface area contributed by atoms with E-state index in [9.17, 15) is 12.8 Å². The molecule has 0 heterocycles. The van der Waals surface area contributed by atoms with Gasteiger partial charge in [0.05, 0.1) is 7.11 Å². The summed E-state index contributed by atoms with van der Waals surface area (Å²) >= 11 is 0. The molecule has 0 spiro atoms. The van der Waals surface area contributed by atoms with Gasteiger partial charge in [0, 0.05) is 7.05 Å². The maximum atomic E-state index is 13.5. The zero-order chi connectivity index (χ0) is 11.6. The van der Waals surface area contributed by atoms with E-state index in [1.165, 1.54) is 39.3 Å². The van der Waals surface area contributed by atoms with Gasteiger partial charge in [-0.3, -0.25) is 4.84 Å². The summed E-state index contributed by atoms with van der Waals surface area (Å²) in [6, 6.07) is 4.18. The Labute approximate surface area is 88.3 Å². The number of sulfonamides is 1. The average molecular weight is 233 g/mol. The zero-order valence-electron chi connectivity index (χ0n) is 8.69. The summed E-state index contributed by atoms with van der Waals surface area (Å²) < 4.78 is 37.5. The standard InChI is InChI=1S/C9H12FNO3S/c1-7-5-4-6-8(9(7)10)15(12,13)11(2)14-3/h4-6H,1-3H3. The smallest absolute Gasteiger partial charge is 0.267 e. The molecule has 0 N–H and O–H groups in total. The molecule has 0 aliphatic carbocycles. The highest BCUT2D eigenvalue weighted by Crippen LogP contribution is 2.20. The fourth-order valence-corrected chi connectivity index (χ4v) is 2.17. The van der Waals surface area contributed by atoms with E-state index in [-0.39, 0.29) is 10.5 Å². The van der Waals surface area contributed by atoms with Gasteiger partial charge in [0.15, 0.2) is 0 Å². The summed E-state index contributed by atoms with van der Waals surface area (Å²) in [5, 5.41) is 0. The predicted molar refractivity (Wildman–Crippen MR) is 53.1 cm³/mol. The first-order valence-electron chi connectivity index (χ1n) is 4.19. The number of benzene rings is 1. The number of hydroxylamine groups is 1. The van der Waals surface area contributed by atoms with Gasteiger partial charge in [-0.25, -0.2) is 12.8 Å². The molecule has 0 radical (unpaired) electrons. The van der Waals surface area contributed by atoms with Crippen LogP contribution in [0.2, 0.25) is 0 Å². The highest BCUT2D eigenvalue weighted by molar-refractivity contribution is 7.89. The summed E-state index contributed by atoms with van der Waals surface area (Å²) in [5.74, 6) is -0.749. The first-order valence-corrected chi connectivity index (χ1v) is 5.63. The minimum absolute atomic E-state index is 0.278. The van der Waals surface area contributed by atoms with Gasteiger partial charge in [-0.2, -0.15) is 0 Å². The third-order valence-electron chi connectivity index (χ3n) is 2.03. The lowest BCUT2D eigenvalue weighted by Crippen LogP contribution is -2.26. The van der Waals surface area contributed by atoms with Crippen LogP contribution in [-0.4, -0.2) is 27.0 Å². The van der Waals surface area contributed by atoms with Crippen molar-refractivity contribution in [2.75, 3.05) is 14.2 Å². The van der Waals surface area contributed by atoms with Crippen molar-refractivity contribution in [1.29, 1.82) is 0 Å². The summed E-state index contributed by atoms with van der Waals surface area (Å²) in [6.07, 6.45) is 0. The van der Waals surface area contributed by atoms with E-state index < -0.39 is 15.8 Å². The van der Waals surface area contributed by atoms with Gasteiger partial charge in [-0.05, 0) is 18.6 Å². The lowest BCUT2D eigenvalue weighted by Gasteiger charge is -2.14. The second-order valence-electron chi connectivity index (χ2n) is 2.98. The highest BCUT2D eigenvalue weighted by atomic mass is 32.2. The van der Waals surface area contributed by atoms with Crippen molar-refractivity contribution < 1.29 is 17.6 Å². The van der Waals surface area contributed by atoms with Crippen molar-refractivity contribution in [3.05, 3.63) is 29.6 Å². The molecule has 0 bridgehead atoms. The maximum Gasteiger partial charge on any atom is 0.267 e. The van der Waals surface area contributed by atoms with Crippen molar-refractivity contribution in [2.24, 2.45) is 0 Å². The van der Waals surface area contributed by atoms with Crippen LogP contribution in [0.1, 0.15) is 5.56 Å². The molecule has 6 heteroatoms. The van der Waals surface area contributed by atoms with E-state index in [1.807, 2.05) is 0 Å². The molecule has 1 rings (SSSR count). The Morgan fingerprint density at radius 1 is 1.40 bits per heavy atom. The Bertz CT molecular complexity index is 458. The van der Waals surface area contributed by atoms with Crippen molar-refractivity contribution in [3.63, 3.8) is 0 Å². The van der Waals surface area contributed by atoms with Crippen LogP contribution in [0.3, 0.4) is 0 Å². The summed E-state index contributed by atoms with van der Waals surface area (Å²) in [6.45, 7) is 1.50. The molecule has 0 aromatic heterocycles. The van der Waals surface area contributed by atoms with Crippen LogP contribution >= 0.6 is 0 Å². The van der Waals surface area contributed by atoms with Crippen molar-refractivity contribution in [3.8, 4) is 0 Å². The summed E-state index contributed by atoms with van der Waals surface area (Å²) in [4.78, 5) is 4.16. The monoisotopic (exact) mass is 233 g/mol. The Kier molecular flexibility index (Phi) is 3.43. The van der Waals surface area contributed by atoms with E-state index in [1.54, 1.807) is 0 Å². The third-order valence-corrected chi connectivity index (χ3v) is 3.73. The maximum absolute atomic E-state index is 13.5. The third kappa shape index (κ3) is 2.17. The number of halogens is 1. The summed E-state index contributed by atoms with van der Waals surface area (Å²) in [5.41, 5.74) is 0.278. The molecule has 0 fully saturated rings. The van der Waals surface area contributed by atoms with Crippen molar-refractivity contribution >= 4 is 10.0 Å². The van der Waals surface area contributed by atoms with Gasteiger partial charge in [0.1, 0.15) is 10.7 Å². The molecule has 0 aliphatic rings. The SMILES string of the molecule is CON(C)S(=O)(=O)c1cccc(C)c1F. The Hall–Kier alpha value is -0.980. The number of nitrogens with zero attached hydrogens (tertiary/aromatic N) is 1. The van der Waals surface area contributed by atoms with Gasteiger partial charge in [0.2, 0.25) is 0 Å². The second-order valence-corrected chi connectivity index (χ2v) is 4.89. The lowest BCUT2D eigenvalue weighted by molar-refractivity contribution is -0.0260. The predicted octanol–water partition coefficient (Wildman–Crippen LogP) is 1.32. The Balaban J connectivity index is 3.34. The van der Waals surface area contributed by atoms with E-state index in [2.05, 4.69) is 4.84 Å². The van der Waals surface area contributed by atoms with Crippen LogP contribution in [0, 0.1) is 12.7 Å². The van der Waals surface area contributed by atoms with E-state index in [0.717, 1.165) is 0 Å². The molecule has 0 amide bonds. The molecular formula is C9H12FNO3S. The van der Waals surface area contributed by atoms with Crippen LogP contribution in [0.4, 0.5) is 4.39 Å². The van der Waals surface area contributed by atoms with Crippen LogP contribution < -0.4 is 0 Å². The molecule has 0 saturated carbocycles. The Morgan fingerprint density at radius 2 is 2.00 bits per heavy atom. The fourth-order valence-electron chi connectivity index (χ4n) is 1.06. The first-order chi connectivity index (χ1) is 6.91. The number of hydrogen-bond donors (Lipinski definition) is 0. The largest absolute Gasteiger partial charge is 0.288 e. The van der Waals surface area contributed by atoms with Crippen LogP contribution in [0.25, 0.3) is 0 Å². The van der Waals surface area contributed by atoms with Gasteiger partial charge in [-0.1, -0.05) is 16.6 Å². The zero-order valence-corrected chi connectivity index (χ0v) is 9.51. The van der Waals surface area contributed by atoms with Gasteiger partial charge < -0.3 is 0 Å². The van der Waals surface area contributed by atoms with Crippen molar-refractivity contribution in [2.45, 2.75) is 11.8 Å². The van der Waals surface area contributed by atoms with E-state index in [0.29, 0.717) is 4.47 Å². The van der Waals surface area contributed by atoms with Gasteiger partial charge in [-0.15, -0.1) is 0 Å². The molecule has 0 unspecified atom stereocenters. The molecule has 0 saturated heterocycles. The van der Waals surface area contributed by atoms with Gasteiger partial charge >= 0.3 is 0 Å². The van der Waals surface area contributed by atoms with Crippen molar-refractivity contribution in [1.82, 2.24) is 4.47 Å². The number of hydrogen-bond acceptors (Lipinski definition) is 3. The Morgan fingerprint density at radius 3 is 2.53 bits per heavy atom. The van der Waals surface area contributed by atoms with E-state index >= 15 is 0 Å². The summed E-state index contributed by atoms with van der Waals surface area (Å²) in [7, 11) is -1.50. The fraction of sp³-hybridized carbons (Fsp3) is 0.333. The molecule has 1 aromatic carbocycles. The molecular weight excluding hydrogens is 221 g/mol. The molecule has 0 aliphatic heterocycles. The van der Waals surface area contributed by atoms with E-state index in [4.69, 9.17) is 0 Å². The minimum Gasteiger partial charge on any atom is -0.288 e. The average Bonchev–Trinajstić information content (AvgIpc) is 2.20. The van der Waals surface area contributed by atoms with Crippen LogP contribution in [-0.2, 0) is 14.9 Å². The molecule has 15 heavy (non-hydrogen) atoms. The lowest BCUT2D eigenvalue weighted by atomic mass is 10.2. The highest BCUT2D eigenvalue weighted by Gasteiger charge is 2.25. The quantitative estimate of drug-likeness (QED) is 0.740. The topological polar surface area (TPSA) is 46.6 Å². The molecule has 4 nitrogen and oxygen atoms in total. The molecule has 84 valence electrons. The number of rotatable bonds is 3. The van der Waals surface area contributed by atoms with Crippen LogP contribution in [0.15, 0.2) is 23.1 Å². The van der Waals surface area contributed by atoms with Crippen LogP contribution in [0.5, 0.6) is 0 Å². The molecule has 0 atom stereocenters.